The van der Waals surface area contributed by atoms with Crippen molar-refractivity contribution in [1.82, 2.24) is 24.6 Å². The Hall–Kier alpha value is -4.32. The monoisotopic (exact) mass is 467 g/mol. The Morgan fingerprint density at radius 2 is 2.00 bits per heavy atom. The maximum atomic E-state index is 13.7. The average Bonchev–Trinajstić information content (AvgIpc) is 3.44. The number of hydroxylamine groups is 2. The molecule has 5 rings (SSSR count). The van der Waals surface area contributed by atoms with Gasteiger partial charge in [0.15, 0.2) is 5.65 Å². The van der Waals surface area contributed by atoms with Gasteiger partial charge in [-0.05, 0) is 41.5 Å². The molecule has 0 aliphatic carbocycles. The van der Waals surface area contributed by atoms with Crippen LogP contribution >= 0.6 is 0 Å². The first-order valence-electron chi connectivity index (χ1n) is 10.3. The van der Waals surface area contributed by atoms with Gasteiger partial charge in [-0.15, -0.1) is 5.10 Å². The summed E-state index contributed by atoms with van der Waals surface area (Å²) in [6.45, 7) is 0.215. The minimum Gasteiger partial charge on any atom is -0.480 e. The van der Waals surface area contributed by atoms with Crippen molar-refractivity contribution in [2.45, 2.75) is 12.5 Å². The fraction of sp³-hybridized carbons (Fsp3) is 0.182. The van der Waals surface area contributed by atoms with Crippen LogP contribution in [0.4, 0.5) is 25.2 Å². The number of urea groups is 1. The number of nitrogens with zero attached hydrogens (tertiary/aromatic N) is 5. The number of nitrogens with one attached hydrogen (secondary N) is 1. The van der Waals surface area contributed by atoms with Crippen LogP contribution in [0.1, 0.15) is 18.0 Å². The first kappa shape index (κ1) is 21.5. The highest BCUT2D eigenvalue weighted by Gasteiger charge is 2.33. The fourth-order valence-corrected chi connectivity index (χ4v) is 3.85. The van der Waals surface area contributed by atoms with Crippen molar-refractivity contribution in [3.8, 4) is 17.0 Å². The topological polar surface area (TPSA) is 120 Å². The zero-order valence-electron chi connectivity index (χ0n) is 17.9. The Kier molecular flexibility index (Phi) is 5.42. The lowest BCUT2D eigenvalue weighted by molar-refractivity contribution is -0.0830. The van der Waals surface area contributed by atoms with Crippen molar-refractivity contribution < 1.29 is 23.1 Å². The molecule has 3 aromatic heterocycles. The lowest BCUT2D eigenvalue weighted by Crippen LogP contribution is -2.33. The van der Waals surface area contributed by atoms with Crippen molar-refractivity contribution in [2.24, 2.45) is 0 Å². The molecule has 0 spiro atoms. The zero-order chi connectivity index (χ0) is 23.8. The Bertz CT molecular complexity index is 1370. The van der Waals surface area contributed by atoms with Crippen molar-refractivity contribution in [3.05, 3.63) is 66.0 Å². The van der Waals surface area contributed by atoms with E-state index in [1.54, 1.807) is 35.1 Å². The molecule has 0 radical (unpaired) electrons. The van der Waals surface area contributed by atoms with Crippen LogP contribution in [0.2, 0.25) is 0 Å². The quantitative estimate of drug-likeness (QED) is 0.471. The second-order valence-electron chi connectivity index (χ2n) is 7.57. The van der Waals surface area contributed by atoms with Gasteiger partial charge in [-0.3, -0.25) is 4.84 Å². The van der Waals surface area contributed by atoms with Crippen LogP contribution < -0.4 is 15.8 Å². The Morgan fingerprint density at radius 1 is 1.21 bits per heavy atom. The standard InChI is InChI=1S/C22H19F2N7O3/c1-33-20-17(8-14(11-26-20)12-2-4-30-19(9-12)28-21(25)29-30)27-22(32)31-18(3-5-34-31)13-6-15(23)10-16(24)7-13/h2,4,6-11,18H,3,5H2,1H3,(H2,25,29)(H,27,32)/t18-/m0/s1. The van der Waals surface area contributed by atoms with Crippen LogP contribution in [-0.2, 0) is 4.84 Å². The number of carbonyl (C=O) groups is 1. The van der Waals surface area contributed by atoms with E-state index in [2.05, 4.69) is 20.4 Å². The van der Waals surface area contributed by atoms with Crippen LogP contribution in [0.3, 0.4) is 0 Å². The number of nitrogens with two attached hydrogens (primary N) is 1. The van der Waals surface area contributed by atoms with Crippen molar-refractivity contribution >= 4 is 23.3 Å². The number of nitrogen functional groups attached to an aromatic ring is 1. The molecule has 2 amide bonds. The average molecular weight is 467 g/mol. The van der Waals surface area contributed by atoms with Gasteiger partial charge < -0.3 is 15.8 Å². The van der Waals surface area contributed by atoms with Gasteiger partial charge in [0.05, 0.1) is 19.8 Å². The molecule has 34 heavy (non-hydrogen) atoms. The van der Waals surface area contributed by atoms with Crippen LogP contribution in [0.5, 0.6) is 5.88 Å². The normalized spacial score (nSPS) is 15.6. The van der Waals surface area contributed by atoms with Crippen LogP contribution in [-0.4, -0.2) is 44.4 Å². The predicted octanol–water partition coefficient (Wildman–Crippen LogP) is 3.57. The molecule has 0 unspecified atom stereocenters. The summed E-state index contributed by atoms with van der Waals surface area (Å²) in [5.74, 6) is -1.13. The number of halogens is 2. The SMILES string of the molecule is COc1ncc(-c2ccn3nc(N)nc3c2)cc1NC(=O)N1OCC[C@H]1c1cc(F)cc(F)c1. The summed E-state index contributed by atoms with van der Waals surface area (Å²) in [5.41, 5.74) is 8.21. The number of aromatic nitrogens is 4. The van der Waals surface area contributed by atoms with Gasteiger partial charge in [0.2, 0.25) is 11.8 Å². The van der Waals surface area contributed by atoms with E-state index in [0.29, 0.717) is 23.2 Å². The van der Waals surface area contributed by atoms with E-state index in [1.807, 2.05) is 0 Å². The summed E-state index contributed by atoms with van der Waals surface area (Å²) in [5, 5.41) is 7.82. The van der Waals surface area contributed by atoms with E-state index in [9.17, 15) is 13.6 Å². The van der Waals surface area contributed by atoms with Crippen LogP contribution in [0.25, 0.3) is 16.8 Å². The number of benzene rings is 1. The third kappa shape index (κ3) is 4.06. The summed E-state index contributed by atoms with van der Waals surface area (Å²) < 4.78 is 34.3. The van der Waals surface area contributed by atoms with Gasteiger partial charge >= 0.3 is 6.03 Å². The van der Waals surface area contributed by atoms with E-state index >= 15 is 0 Å². The first-order valence-corrected chi connectivity index (χ1v) is 10.3. The van der Waals surface area contributed by atoms with Gasteiger partial charge in [0, 0.05) is 30.4 Å². The highest BCUT2D eigenvalue weighted by atomic mass is 19.1. The molecule has 4 aromatic rings. The Balaban J connectivity index is 1.43. The number of hydrogen-bond acceptors (Lipinski definition) is 7. The fourth-order valence-electron chi connectivity index (χ4n) is 3.85. The first-order chi connectivity index (χ1) is 16.4. The number of methoxy groups -OCH3 is 1. The van der Waals surface area contributed by atoms with Gasteiger partial charge in [-0.25, -0.2) is 23.1 Å². The van der Waals surface area contributed by atoms with Crippen LogP contribution in [0, 0.1) is 11.6 Å². The minimum absolute atomic E-state index is 0.149. The van der Waals surface area contributed by atoms with E-state index in [-0.39, 0.29) is 24.1 Å². The predicted molar refractivity (Wildman–Crippen MR) is 118 cm³/mol. The summed E-state index contributed by atoms with van der Waals surface area (Å²) >= 11 is 0. The van der Waals surface area contributed by atoms with Gasteiger partial charge in [-0.1, -0.05) is 0 Å². The largest absolute Gasteiger partial charge is 0.480 e. The van der Waals surface area contributed by atoms with E-state index < -0.39 is 23.7 Å². The number of pyridine rings is 2. The zero-order valence-corrected chi connectivity index (χ0v) is 17.9. The van der Waals surface area contributed by atoms with Gasteiger partial charge in [0.1, 0.15) is 17.3 Å². The van der Waals surface area contributed by atoms with Crippen molar-refractivity contribution in [2.75, 3.05) is 24.8 Å². The number of amides is 2. The lowest BCUT2D eigenvalue weighted by Gasteiger charge is -2.23. The molecule has 10 nitrogen and oxygen atoms in total. The molecule has 174 valence electrons. The number of ether oxygens (including phenoxy) is 1. The number of hydrogen-bond donors (Lipinski definition) is 2. The Morgan fingerprint density at radius 3 is 2.76 bits per heavy atom. The maximum absolute atomic E-state index is 13.7. The van der Waals surface area contributed by atoms with Gasteiger partial charge in [-0.2, -0.15) is 10.0 Å². The maximum Gasteiger partial charge on any atom is 0.346 e. The molecule has 1 aromatic carbocycles. The highest BCUT2D eigenvalue weighted by Crippen LogP contribution is 2.33. The summed E-state index contributed by atoms with van der Waals surface area (Å²) in [6.07, 6.45) is 3.68. The molecular formula is C22H19F2N7O3. The summed E-state index contributed by atoms with van der Waals surface area (Å²) in [4.78, 5) is 26.9. The molecule has 1 atom stereocenters. The minimum atomic E-state index is -0.729. The van der Waals surface area contributed by atoms with Crippen LogP contribution in [0.15, 0.2) is 48.8 Å². The van der Waals surface area contributed by atoms with E-state index in [0.717, 1.165) is 16.7 Å². The van der Waals surface area contributed by atoms with E-state index in [4.69, 9.17) is 15.3 Å². The Labute approximate surface area is 191 Å². The molecule has 1 aliphatic heterocycles. The molecule has 3 N–H and O–H groups in total. The summed E-state index contributed by atoms with van der Waals surface area (Å²) in [7, 11) is 1.42. The molecule has 0 bridgehead atoms. The summed E-state index contributed by atoms with van der Waals surface area (Å²) in [6, 6.07) is 7.10. The second kappa shape index (κ2) is 8.56. The van der Waals surface area contributed by atoms with E-state index in [1.165, 1.54) is 19.2 Å². The van der Waals surface area contributed by atoms with Crippen molar-refractivity contribution in [1.29, 1.82) is 0 Å². The third-order valence-corrected chi connectivity index (χ3v) is 5.35. The lowest BCUT2D eigenvalue weighted by atomic mass is 10.0. The number of carbonyl (C=O) groups excluding carboxylic acids is 1. The molecule has 0 saturated carbocycles. The smallest absolute Gasteiger partial charge is 0.346 e. The number of anilines is 2. The molecular weight excluding hydrogens is 448 g/mol. The third-order valence-electron chi connectivity index (χ3n) is 5.35. The highest BCUT2D eigenvalue weighted by molar-refractivity contribution is 5.91. The molecule has 1 fully saturated rings. The van der Waals surface area contributed by atoms with Gasteiger partial charge in [0.25, 0.3) is 0 Å². The second-order valence-corrected chi connectivity index (χ2v) is 7.57. The molecule has 4 heterocycles. The number of fused-ring (bicyclic) bond motifs is 1. The molecule has 1 aliphatic rings. The molecule has 12 heteroatoms. The van der Waals surface area contributed by atoms with Crippen molar-refractivity contribution in [3.63, 3.8) is 0 Å². The number of rotatable bonds is 4. The molecule has 1 saturated heterocycles.